The van der Waals surface area contributed by atoms with Gasteiger partial charge in [-0.25, -0.2) is 0 Å². The fraction of sp³-hybridized carbons (Fsp3) is 0.115. The van der Waals surface area contributed by atoms with Crippen molar-refractivity contribution in [2.75, 3.05) is 11.1 Å². The summed E-state index contributed by atoms with van der Waals surface area (Å²) in [5, 5.41) is 14.6. The number of aromatic nitrogens is 3. The molecule has 7 heteroatoms. The largest absolute Gasteiger partial charge is 0.469 e. The Morgan fingerprint density at radius 2 is 1.76 bits per heavy atom. The van der Waals surface area contributed by atoms with Gasteiger partial charge in [0, 0.05) is 11.1 Å². The second-order valence-electron chi connectivity index (χ2n) is 7.63. The van der Waals surface area contributed by atoms with Crippen molar-refractivity contribution in [1.82, 2.24) is 14.8 Å². The van der Waals surface area contributed by atoms with Gasteiger partial charge in [-0.2, -0.15) is 0 Å². The number of carbonyl (C=O) groups is 1. The van der Waals surface area contributed by atoms with Crippen molar-refractivity contribution in [3.8, 4) is 11.4 Å². The van der Waals surface area contributed by atoms with Crippen LogP contribution in [0.2, 0.25) is 0 Å². The van der Waals surface area contributed by atoms with E-state index in [1.54, 1.807) is 6.26 Å². The second-order valence-corrected chi connectivity index (χ2v) is 8.57. The maximum absolute atomic E-state index is 12.8. The lowest BCUT2D eigenvalue weighted by Gasteiger charge is -2.11. The number of nitrogens with one attached hydrogen (secondary N) is 1. The van der Waals surface area contributed by atoms with Gasteiger partial charge < -0.3 is 9.73 Å². The minimum absolute atomic E-state index is 0.0911. The molecule has 33 heavy (non-hydrogen) atoms. The maximum atomic E-state index is 12.8. The Hall–Kier alpha value is -3.84. The number of rotatable bonds is 7. The molecule has 5 rings (SSSR count). The number of fused-ring (bicyclic) bond motifs is 1. The molecule has 5 aromatic rings. The second kappa shape index (κ2) is 9.34. The minimum Gasteiger partial charge on any atom is -0.469 e. The smallest absolute Gasteiger partial charge is 0.234 e. The number of aryl methyl sites for hydroxylation is 1. The SMILES string of the molecule is Cc1occc1-c1nnc(SCC(=O)Nc2cccc3ccccc23)n1Cc1ccccc1. The van der Waals surface area contributed by atoms with Crippen molar-refractivity contribution in [2.45, 2.75) is 18.6 Å². The molecular formula is C26H22N4O2S. The number of amides is 1. The Labute approximate surface area is 195 Å². The molecule has 1 amide bonds. The molecule has 0 atom stereocenters. The van der Waals surface area contributed by atoms with Crippen LogP contribution >= 0.6 is 11.8 Å². The van der Waals surface area contributed by atoms with Crippen molar-refractivity contribution in [3.05, 3.63) is 96.4 Å². The predicted molar refractivity (Wildman–Crippen MR) is 131 cm³/mol. The molecule has 164 valence electrons. The monoisotopic (exact) mass is 454 g/mol. The first-order chi connectivity index (χ1) is 16.2. The van der Waals surface area contributed by atoms with Crippen molar-refractivity contribution in [1.29, 1.82) is 0 Å². The van der Waals surface area contributed by atoms with E-state index in [0.29, 0.717) is 11.7 Å². The summed E-state index contributed by atoms with van der Waals surface area (Å²) in [7, 11) is 0. The van der Waals surface area contributed by atoms with Gasteiger partial charge in [-0.15, -0.1) is 10.2 Å². The zero-order chi connectivity index (χ0) is 22.6. The Kier molecular flexibility index (Phi) is 5.95. The molecule has 0 aliphatic carbocycles. The third-order valence-corrected chi connectivity index (χ3v) is 6.36. The molecule has 0 saturated carbocycles. The Balaban J connectivity index is 1.37. The van der Waals surface area contributed by atoms with Crippen molar-refractivity contribution in [2.24, 2.45) is 0 Å². The molecule has 0 unspecified atom stereocenters. The molecule has 0 bridgehead atoms. The van der Waals surface area contributed by atoms with Crippen LogP contribution in [0.3, 0.4) is 0 Å². The normalized spacial score (nSPS) is 11.1. The number of thioether (sulfide) groups is 1. The van der Waals surface area contributed by atoms with Gasteiger partial charge in [-0.3, -0.25) is 9.36 Å². The number of hydrogen-bond acceptors (Lipinski definition) is 5. The Bertz CT molecular complexity index is 1400. The molecule has 1 N–H and O–H groups in total. The van der Waals surface area contributed by atoms with E-state index in [2.05, 4.69) is 27.6 Å². The van der Waals surface area contributed by atoms with Crippen LogP contribution in [0.5, 0.6) is 0 Å². The fourth-order valence-electron chi connectivity index (χ4n) is 3.77. The van der Waals surface area contributed by atoms with Crippen LogP contribution in [-0.2, 0) is 11.3 Å². The van der Waals surface area contributed by atoms with Crippen molar-refractivity contribution < 1.29 is 9.21 Å². The summed E-state index contributed by atoms with van der Waals surface area (Å²) in [6, 6.07) is 25.9. The van der Waals surface area contributed by atoms with Crippen LogP contribution in [-0.4, -0.2) is 26.4 Å². The summed E-state index contributed by atoms with van der Waals surface area (Å²) in [5.74, 6) is 1.64. The van der Waals surface area contributed by atoms with Gasteiger partial charge in [0.25, 0.3) is 0 Å². The van der Waals surface area contributed by atoms with E-state index in [0.717, 1.165) is 39.2 Å². The quantitative estimate of drug-likeness (QED) is 0.316. The molecule has 0 aliphatic rings. The number of nitrogens with zero attached hydrogens (tertiary/aromatic N) is 3. The summed E-state index contributed by atoms with van der Waals surface area (Å²) in [6.07, 6.45) is 1.65. The predicted octanol–water partition coefficient (Wildman–Crippen LogP) is 5.78. The van der Waals surface area contributed by atoms with Crippen molar-refractivity contribution >= 4 is 34.1 Å². The number of furan rings is 1. The lowest BCUT2D eigenvalue weighted by atomic mass is 10.1. The highest BCUT2D eigenvalue weighted by Crippen LogP contribution is 2.28. The van der Waals surface area contributed by atoms with Gasteiger partial charge in [0.15, 0.2) is 11.0 Å². The molecule has 6 nitrogen and oxygen atoms in total. The number of anilines is 1. The number of carbonyl (C=O) groups excluding carboxylic acids is 1. The first kappa shape index (κ1) is 21.0. The lowest BCUT2D eigenvalue weighted by molar-refractivity contribution is -0.113. The van der Waals surface area contributed by atoms with E-state index in [-0.39, 0.29) is 11.7 Å². The number of benzene rings is 3. The van der Waals surface area contributed by atoms with Gasteiger partial charge in [0.2, 0.25) is 5.91 Å². The van der Waals surface area contributed by atoms with Crippen LogP contribution in [0, 0.1) is 6.92 Å². The third-order valence-electron chi connectivity index (χ3n) is 5.40. The van der Waals surface area contributed by atoms with Crippen LogP contribution in [0.4, 0.5) is 5.69 Å². The Morgan fingerprint density at radius 3 is 2.58 bits per heavy atom. The molecule has 0 radical (unpaired) electrons. The summed E-state index contributed by atoms with van der Waals surface area (Å²) in [6.45, 7) is 2.50. The number of hydrogen-bond donors (Lipinski definition) is 1. The van der Waals surface area contributed by atoms with Gasteiger partial charge in [-0.05, 0) is 30.0 Å². The third kappa shape index (κ3) is 4.54. The van der Waals surface area contributed by atoms with E-state index in [4.69, 9.17) is 4.42 Å². The molecule has 2 aromatic heterocycles. The average molecular weight is 455 g/mol. The summed E-state index contributed by atoms with van der Waals surface area (Å²) < 4.78 is 7.51. The molecule has 0 spiro atoms. The highest BCUT2D eigenvalue weighted by atomic mass is 32.2. The van der Waals surface area contributed by atoms with Crippen molar-refractivity contribution in [3.63, 3.8) is 0 Å². The van der Waals surface area contributed by atoms with Gasteiger partial charge in [-0.1, -0.05) is 78.5 Å². The van der Waals surface area contributed by atoms with Crippen LogP contribution in [0.1, 0.15) is 11.3 Å². The zero-order valence-corrected chi connectivity index (χ0v) is 18.9. The molecule has 0 aliphatic heterocycles. The standard InChI is InChI=1S/C26H22N4O2S/c1-18-21(14-15-32-18)25-28-29-26(30(25)16-19-8-3-2-4-9-19)33-17-24(31)27-23-13-7-11-20-10-5-6-12-22(20)23/h2-15H,16-17H2,1H3,(H,27,31). The zero-order valence-electron chi connectivity index (χ0n) is 18.1. The summed E-state index contributed by atoms with van der Waals surface area (Å²) in [5.41, 5.74) is 2.83. The van der Waals surface area contributed by atoms with E-state index >= 15 is 0 Å². The van der Waals surface area contributed by atoms with E-state index < -0.39 is 0 Å². The molecule has 2 heterocycles. The highest BCUT2D eigenvalue weighted by Gasteiger charge is 2.19. The average Bonchev–Trinajstić information content (AvgIpc) is 3.44. The van der Waals surface area contributed by atoms with Gasteiger partial charge >= 0.3 is 0 Å². The highest BCUT2D eigenvalue weighted by molar-refractivity contribution is 7.99. The topological polar surface area (TPSA) is 72.9 Å². The van der Waals surface area contributed by atoms with Crippen LogP contribution in [0.25, 0.3) is 22.2 Å². The fourth-order valence-corrected chi connectivity index (χ4v) is 4.51. The molecular weight excluding hydrogens is 432 g/mol. The maximum Gasteiger partial charge on any atom is 0.234 e. The molecule has 0 fully saturated rings. The molecule has 3 aromatic carbocycles. The lowest BCUT2D eigenvalue weighted by Crippen LogP contribution is -2.15. The minimum atomic E-state index is -0.0911. The summed E-state index contributed by atoms with van der Waals surface area (Å²) >= 11 is 1.37. The molecule has 0 saturated heterocycles. The van der Waals surface area contributed by atoms with E-state index in [9.17, 15) is 4.79 Å². The first-order valence-corrected chi connectivity index (χ1v) is 11.6. The summed E-state index contributed by atoms with van der Waals surface area (Å²) in [4.78, 5) is 12.8. The van der Waals surface area contributed by atoms with Crippen LogP contribution in [0.15, 0.2) is 94.7 Å². The first-order valence-electron chi connectivity index (χ1n) is 10.6. The van der Waals surface area contributed by atoms with E-state index in [1.807, 2.05) is 78.2 Å². The van der Waals surface area contributed by atoms with Gasteiger partial charge in [0.05, 0.1) is 24.1 Å². The van der Waals surface area contributed by atoms with E-state index in [1.165, 1.54) is 11.8 Å². The van der Waals surface area contributed by atoms with Crippen LogP contribution < -0.4 is 5.32 Å². The van der Waals surface area contributed by atoms with Gasteiger partial charge in [0.1, 0.15) is 5.76 Å². The Morgan fingerprint density at radius 1 is 0.970 bits per heavy atom.